The third-order valence-corrected chi connectivity index (χ3v) is 4.72. The van der Waals surface area contributed by atoms with Crippen LogP contribution in [-0.2, 0) is 9.47 Å². The highest BCUT2D eigenvalue weighted by Crippen LogP contribution is 2.18. The fraction of sp³-hybridized carbons (Fsp3) is 0.905. The van der Waals surface area contributed by atoms with E-state index in [9.17, 15) is 0 Å². The van der Waals surface area contributed by atoms with Gasteiger partial charge in [-0.15, -0.1) is 0 Å². The van der Waals surface area contributed by atoms with E-state index in [1.807, 2.05) is 0 Å². The molecule has 0 amide bonds. The maximum absolute atomic E-state index is 8.98. The van der Waals surface area contributed by atoms with Crippen LogP contribution in [0, 0.1) is 0 Å². The molecule has 1 aliphatic rings. The molecular formula is C21H40O3. The molecule has 1 fully saturated rings. The average molecular weight is 341 g/mol. The van der Waals surface area contributed by atoms with Gasteiger partial charge >= 0.3 is 0 Å². The summed E-state index contributed by atoms with van der Waals surface area (Å²) >= 11 is 0. The van der Waals surface area contributed by atoms with Crippen molar-refractivity contribution in [1.82, 2.24) is 0 Å². The second kappa shape index (κ2) is 16.1. The molecule has 2 unspecified atom stereocenters. The summed E-state index contributed by atoms with van der Waals surface area (Å²) in [5, 5.41) is 8.98. The van der Waals surface area contributed by atoms with Crippen molar-refractivity contribution in [1.29, 1.82) is 0 Å². The summed E-state index contributed by atoms with van der Waals surface area (Å²) in [7, 11) is 0. The Bertz CT molecular complexity index is 291. The first-order valence-electron chi connectivity index (χ1n) is 10.4. The first-order valence-corrected chi connectivity index (χ1v) is 10.4. The predicted octanol–water partition coefficient (Wildman–Crippen LogP) is 5.76. The second-order valence-electron chi connectivity index (χ2n) is 7.08. The lowest BCUT2D eigenvalue weighted by Gasteiger charge is -2.09. The molecule has 24 heavy (non-hydrogen) atoms. The standard InChI is InChI=1S/C21H40O3/c1-2-3-4-5-6-7-8-9-10-11-12-13-14-15-16-17-21-23-19-20(18-22)24-21/h9-10,20-22H,2-8,11-19H2,1H3/b10-9-. The molecule has 1 rings (SSSR count). The zero-order valence-electron chi connectivity index (χ0n) is 15.9. The summed E-state index contributed by atoms with van der Waals surface area (Å²) in [4.78, 5) is 0. The summed E-state index contributed by atoms with van der Waals surface area (Å²) in [6.45, 7) is 2.89. The Labute approximate surface area is 149 Å². The topological polar surface area (TPSA) is 38.7 Å². The fourth-order valence-electron chi connectivity index (χ4n) is 3.14. The molecule has 142 valence electrons. The molecule has 1 N–H and O–H groups in total. The Morgan fingerprint density at radius 2 is 1.42 bits per heavy atom. The van der Waals surface area contributed by atoms with Crippen LogP contribution < -0.4 is 0 Å². The zero-order valence-corrected chi connectivity index (χ0v) is 15.9. The van der Waals surface area contributed by atoms with E-state index in [1.165, 1.54) is 77.0 Å². The highest BCUT2D eigenvalue weighted by Gasteiger charge is 2.24. The van der Waals surface area contributed by atoms with Gasteiger partial charge in [0.1, 0.15) is 6.10 Å². The number of allylic oxidation sites excluding steroid dienone is 2. The third-order valence-electron chi connectivity index (χ3n) is 4.72. The Hall–Kier alpha value is -0.380. The number of ether oxygens (including phenoxy) is 2. The van der Waals surface area contributed by atoms with Gasteiger partial charge < -0.3 is 14.6 Å². The van der Waals surface area contributed by atoms with Gasteiger partial charge in [0, 0.05) is 0 Å². The molecule has 0 bridgehead atoms. The summed E-state index contributed by atoms with van der Waals surface area (Å²) in [6, 6.07) is 0. The minimum atomic E-state index is -0.0990. The maximum atomic E-state index is 8.98. The predicted molar refractivity (Wildman–Crippen MR) is 101 cm³/mol. The molecule has 1 aliphatic heterocycles. The highest BCUT2D eigenvalue weighted by molar-refractivity contribution is 4.81. The third kappa shape index (κ3) is 12.0. The van der Waals surface area contributed by atoms with Crippen LogP contribution in [0.25, 0.3) is 0 Å². The molecule has 1 heterocycles. The van der Waals surface area contributed by atoms with E-state index in [0.29, 0.717) is 6.61 Å². The lowest BCUT2D eigenvalue weighted by molar-refractivity contribution is -0.0701. The minimum absolute atomic E-state index is 0.0723. The normalized spacial score (nSPS) is 21.1. The zero-order chi connectivity index (χ0) is 17.3. The lowest BCUT2D eigenvalue weighted by atomic mass is 10.1. The number of unbranched alkanes of at least 4 members (excludes halogenated alkanes) is 11. The van der Waals surface area contributed by atoms with Crippen LogP contribution in [-0.4, -0.2) is 30.7 Å². The van der Waals surface area contributed by atoms with Gasteiger partial charge in [-0.2, -0.15) is 0 Å². The first-order chi connectivity index (χ1) is 11.9. The molecule has 0 aromatic heterocycles. The molecule has 0 radical (unpaired) electrons. The van der Waals surface area contributed by atoms with Crippen LogP contribution in [0.15, 0.2) is 12.2 Å². The van der Waals surface area contributed by atoms with Gasteiger partial charge in [0.15, 0.2) is 6.29 Å². The minimum Gasteiger partial charge on any atom is -0.394 e. The van der Waals surface area contributed by atoms with E-state index in [1.54, 1.807) is 0 Å². The van der Waals surface area contributed by atoms with Gasteiger partial charge in [-0.3, -0.25) is 0 Å². The average Bonchev–Trinajstić information content (AvgIpc) is 3.06. The largest absolute Gasteiger partial charge is 0.394 e. The Morgan fingerprint density at radius 1 is 0.833 bits per heavy atom. The molecule has 0 aromatic rings. The van der Waals surface area contributed by atoms with Gasteiger partial charge in [0.05, 0.1) is 13.2 Å². The van der Waals surface area contributed by atoms with Crippen LogP contribution in [0.4, 0.5) is 0 Å². The summed E-state index contributed by atoms with van der Waals surface area (Å²) in [6.07, 6.45) is 22.8. The fourth-order valence-corrected chi connectivity index (χ4v) is 3.14. The molecule has 0 aromatic carbocycles. The van der Waals surface area contributed by atoms with Crippen molar-refractivity contribution in [2.24, 2.45) is 0 Å². The van der Waals surface area contributed by atoms with Crippen LogP contribution in [0.2, 0.25) is 0 Å². The van der Waals surface area contributed by atoms with Gasteiger partial charge in [-0.25, -0.2) is 0 Å². The molecule has 2 atom stereocenters. The molecular weight excluding hydrogens is 300 g/mol. The van der Waals surface area contributed by atoms with E-state index in [4.69, 9.17) is 14.6 Å². The van der Waals surface area contributed by atoms with E-state index in [2.05, 4.69) is 19.1 Å². The summed E-state index contributed by atoms with van der Waals surface area (Å²) in [5.41, 5.74) is 0. The van der Waals surface area contributed by atoms with Crippen molar-refractivity contribution in [2.45, 2.75) is 109 Å². The van der Waals surface area contributed by atoms with Crippen molar-refractivity contribution < 1.29 is 14.6 Å². The van der Waals surface area contributed by atoms with Crippen LogP contribution >= 0.6 is 0 Å². The quantitative estimate of drug-likeness (QED) is 0.287. The van der Waals surface area contributed by atoms with Crippen molar-refractivity contribution in [3.05, 3.63) is 12.2 Å². The number of rotatable bonds is 16. The smallest absolute Gasteiger partial charge is 0.158 e. The van der Waals surface area contributed by atoms with Crippen molar-refractivity contribution in [3.8, 4) is 0 Å². The monoisotopic (exact) mass is 340 g/mol. The van der Waals surface area contributed by atoms with Crippen molar-refractivity contribution in [3.63, 3.8) is 0 Å². The lowest BCUT2D eigenvalue weighted by Crippen LogP contribution is -2.16. The number of hydrogen-bond donors (Lipinski definition) is 1. The Kier molecular flexibility index (Phi) is 14.5. The summed E-state index contributed by atoms with van der Waals surface area (Å²) in [5.74, 6) is 0. The van der Waals surface area contributed by atoms with E-state index in [0.717, 1.165) is 12.8 Å². The molecule has 3 nitrogen and oxygen atoms in total. The van der Waals surface area contributed by atoms with Crippen LogP contribution in [0.3, 0.4) is 0 Å². The number of aliphatic hydroxyl groups excluding tert-OH is 1. The van der Waals surface area contributed by atoms with E-state index in [-0.39, 0.29) is 19.0 Å². The van der Waals surface area contributed by atoms with Gasteiger partial charge in [-0.1, -0.05) is 70.4 Å². The van der Waals surface area contributed by atoms with Gasteiger partial charge in [-0.05, 0) is 38.5 Å². The molecule has 0 spiro atoms. The molecule has 0 saturated carbocycles. The SMILES string of the molecule is CCCCCCCC/C=C\CCCCCCCC1OCC(CO)O1. The molecule has 3 heteroatoms. The van der Waals surface area contributed by atoms with E-state index >= 15 is 0 Å². The van der Waals surface area contributed by atoms with Crippen molar-refractivity contribution in [2.75, 3.05) is 13.2 Å². The Balaban J connectivity index is 1.75. The number of aliphatic hydroxyl groups is 1. The summed E-state index contributed by atoms with van der Waals surface area (Å²) < 4.78 is 11.0. The van der Waals surface area contributed by atoms with Crippen molar-refractivity contribution >= 4 is 0 Å². The molecule has 1 saturated heterocycles. The van der Waals surface area contributed by atoms with Crippen LogP contribution in [0.1, 0.15) is 96.8 Å². The maximum Gasteiger partial charge on any atom is 0.158 e. The number of hydrogen-bond acceptors (Lipinski definition) is 3. The second-order valence-corrected chi connectivity index (χ2v) is 7.08. The van der Waals surface area contributed by atoms with E-state index < -0.39 is 0 Å². The van der Waals surface area contributed by atoms with Crippen LogP contribution in [0.5, 0.6) is 0 Å². The molecule has 0 aliphatic carbocycles. The van der Waals surface area contributed by atoms with Gasteiger partial charge in [0.2, 0.25) is 0 Å². The highest BCUT2D eigenvalue weighted by atomic mass is 16.7. The Morgan fingerprint density at radius 3 is 2.00 bits per heavy atom. The first kappa shape index (κ1) is 21.7. The van der Waals surface area contributed by atoms with Gasteiger partial charge in [0.25, 0.3) is 0 Å².